The van der Waals surface area contributed by atoms with Crippen molar-refractivity contribution in [3.63, 3.8) is 0 Å². The number of hydrogen-bond donors (Lipinski definition) is 1. The highest BCUT2D eigenvalue weighted by Crippen LogP contribution is 2.33. The van der Waals surface area contributed by atoms with Crippen LogP contribution in [0.25, 0.3) is 11.1 Å². The van der Waals surface area contributed by atoms with Crippen molar-refractivity contribution in [2.45, 2.75) is 12.7 Å². The molecule has 42 heavy (non-hydrogen) atoms. The Balaban J connectivity index is 1.23. The number of alkyl halides is 3. The minimum atomic E-state index is -4.45. The molecule has 6 nitrogen and oxygen atoms in total. The summed E-state index contributed by atoms with van der Waals surface area (Å²) >= 11 is 0. The molecule has 4 aromatic rings. The number of nitriles is 1. The molecule has 9 heteroatoms. The van der Waals surface area contributed by atoms with E-state index in [0.717, 1.165) is 56.1 Å². The lowest BCUT2D eigenvalue weighted by atomic mass is 9.97. The van der Waals surface area contributed by atoms with E-state index in [9.17, 15) is 18.0 Å². The number of hydrogen-bond acceptors (Lipinski definition) is 5. The molecule has 1 heterocycles. The number of nitrogens with one attached hydrogen (secondary N) is 1. The average molecular weight is 571 g/mol. The Morgan fingerprint density at radius 1 is 0.929 bits per heavy atom. The first-order valence-electron chi connectivity index (χ1n) is 13.5. The van der Waals surface area contributed by atoms with Crippen LogP contribution < -0.4 is 15.0 Å². The summed E-state index contributed by atoms with van der Waals surface area (Å²) in [6, 6.07) is 27.1. The van der Waals surface area contributed by atoms with Crippen LogP contribution in [0.3, 0.4) is 0 Å². The second-order valence-electron chi connectivity index (χ2n) is 10.1. The molecular formula is C33H29F3N4O2. The molecular weight excluding hydrogens is 541 g/mol. The van der Waals surface area contributed by atoms with Crippen molar-refractivity contribution in [1.29, 1.82) is 5.26 Å². The van der Waals surface area contributed by atoms with Crippen LogP contribution in [0.15, 0.2) is 91.0 Å². The Morgan fingerprint density at radius 3 is 2.29 bits per heavy atom. The molecule has 1 N–H and O–H groups in total. The largest absolute Gasteiger partial charge is 0.497 e. The van der Waals surface area contributed by atoms with Crippen LogP contribution in [0.5, 0.6) is 5.75 Å². The Labute approximate surface area is 242 Å². The number of benzene rings is 4. The van der Waals surface area contributed by atoms with Crippen LogP contribution in [-0.4, -0.2) is 44.1 Å². The van der Waals surface area contributed by atoms with Crippen LogP contribution in [0.4, 0.5) is 24.5 Å². The van der Waals surface area contributed by atoms with E-state index in [-0.39, 0.29) is 5.91 Å². The third kappa shape index (κ3) is 6.73. The van der Waals surface area contributed by atoms with E-state index in [1.54, 1.807) is 18.2 Å². The predicted octanol–water partition coefficient (Wildman–Crippen LogP) is 6.83. The van der Waals surface area contributed by atoms with Crippen LogP contribution in [-0.2, 0) is 12.7 Å². The molecule has 0 aliphatic carbocycles. The number of piperazine rings is 1. The predicted molar refractivity (Wildman–Crippen MR) is 156 cm³/mol. The van der Waals surface area contributed by atoms with Crippen molar-refractivity contribution in [3.05, 3.63) is 113 Å². The van der Waals surface area contributed by atoms with Crippen LogP contribution in [0.1, 0.15) is 27.0 Å². The second kappa shape index (κ2) is 12.4. The molecule has 4 aromatic carbocycles. The summed E-state index contributed by atoms with van der Waals surface area (Å²) in [4.78, 5) is 17.9. The zero-order valence-corrected chi connectivity index (χ0v) is 23.0. The maximum Gasteiger partial charge on any atom is 0.416 e. The fourth-order valence-corrected chi connectivity index (χ4v) is 5.04. The molecule has 1 aliphatic heterocycles. The number of nitrogens with zero attached hydrogens (tertiary/aromatic N) is 3. The van der Waals surface area contributed by atoms with Gasteiger partial charge in [-0.15, -0.1) is 0 Å². The molecule has 5 rings (SSSR count). The SMILES string of the molecule is COc1ccc(C(=O)Nc2ccc(N3CCN(Cc4cccc(C#N)c4)CC3)cc2)c(-c2ccc(C(F)(F)F)cc2)c1. The third-order valence-electron chi connectivity index (χ3n) is 7.32. The summed E-state index contributed by atoms with van der Waals surface area (Å²) in [5, 5.41) is 12.0. The topological polar surface area (TPSA) is 68.6 Å². The minimum Gasteiger partial charge on any atom is -0.497 e. The first kappa shape index (κ1) is 28.7. The van der Waals surface area contributed by atoms with Gasteiger partial charge in [0.25, 0.3) is 5.91 Å². The molecule has 0 spiro atoms. The lowest BCUT2D eigenvalue weighted by molar-refractivity contribution is -0.137. The molecule has 0 atom stereocenters. The van der Waals surface area contributed by atoms with Gasteiger partial charge in [0, 0.05) is 49.7 Å². The zero-order valence-electron chi connectivity index (χ0n) is 23.0. The summed E-state index contributed by atoms with van der Waals surface area (Å²) < 4.78 is 44.5. The van der Waals surface area contributed by atoms with Gasteiger partial charge in [-0.3, -0.25) is 9.69 Å². The molecule has 1 aliphatic rings. The third-order valence-corrected chi connectivity index (χ3v) is 7.32. The minimum absolute atomic E-state index is 0.316. The fraction of sp³-hybridized carbons (Fsp3) is 0.212. The number of amides is 1. The summed E-state index contributed by atoms with van der Waals surface area (Å²) in [6.45, 7) is 4.28. The van der Waals surface area contributed by atoms with Gasteiger partial charge in [-0.05, 0) is 83.4 Å². The zero-order chi connectivity index (χ0) is 29.7. The fourth-order valence-electron chi connectivity index (χ4n) is 5.04. The van der Waals surface area contributed by atoms with Gasteiger partial charge < -0.3 is 15.0 Å². The molecule has 1 fully saturated rings. The first-order valence-corrected chi connectivity index (χ1v) is 13.5. The maximum atomic E-state index is 13.3. The standard InChI is InChI=1S/C33H29F3N4O2/c1-42-29-13-14-30(31(20-29)25-5-7-26(8-6-25)33(34,35)36)32(41)38-27-9-11-28(12-10-27)40-17-15-39(16-18-40)22-24-4-2-3-23(19-24)21-37/h2-14,19-20H,15-18,22H2,1H3,(H,38,41). The molecule has 214 valence electrons. The number of carbonyl (C=O) groups excluding carboxylic acids is 1. The summed E-state index contributed by atoms with van der Waals surface area (Å²) in [7, 11) is 1.49. The van der Waals surface area contributed by atoms with Crippen molar-refractivity contribution in [2.75, 3.05) is 43.5 Å². The Bertz CT molecular complexity index is 1590. The number of ether oxygens (including phenoxy) is 1. The molecule has 1 amide bonds. The highest BCUT2D eigenvalue weighted by atomic mass is 19.4. The van der Waals surface area contributed by atoms with E-state index >= 15 is 0 Å². The van der Waals surface area contributed by atoms with Crippen molar-refractivity contribution in [3.8, 4) is 22.9 Å². The Morgan fingerprint density at radius 2 is 1.64 bits per heavy atom. The normalized spacial score (nSPS) is 13.8. The highest BCUT2D eigenvalue weighted by molar-refractivity contribution is 6.09. The van der Waals surface area contributed by atoms with Crippen molar-refractivity contribution in [1.82, 2.24) is 4.90 Å². The maximum absolute atomic E-state index is 13.3. The number of halogens is 3. The summed E-state index contributed by atoms with van der Waals surface area (Å²) in [6.07, 6.45) is -4.45. The number of methoxy groups -OCH3 is 1. The molecule has 0 radical (unpaired) electrons. The van der Waals surface area contributed by atoms with E-state index < -0.39 is 11.7 Å². The average Bonchev–Trinajstić information content (AvgIpc) is 3.01. The van der Waals surface area contributed by atoms with Gasteiger partial charge in [-0.2, -0.15) is 18.4 Å². The molecule has 1 saturated heterocycles. The second-order valence-corrected chi connectivity index (χ2v) is 10.1. The Kier molecular flexibility index (Phi) is 8.46. The molecule has 0 bridgehead atoms. The number of carbonyl (C=O) groups is 1. The van der Waals surface area contributed by atoms with Crippen molar-refractivity contribution in [2.24, 2.45) is 0 Å². The van der Waals surface area contributed by atoms with E-state index in [1.165, 1.54) is 19.2 Å². The quantitative estimate of drug-likeness (QED) is 0.264. The molecule has 0 aromatic heterocycles. The first-order chi connectivity index (χ1) is 20.2. The van der Waals surface area contributed by atoms with Gasteiger partial charge in [0.15, 0.2) is 0 Å². The van der Waals surface area contributed by atoms with Crippen molar-refractivity contribution >= 4 is 17.3 Å². The van der Waals surface area contributed by atoms with Gasteiger partial charge in [0.05, 0.1) is 24.3 Å². The van der Waals surface area contributed by atoms with Gasteiger partial charge in [-0.25, -0.2) is 0 Å². The molecule has 0 unspecified atom stereocenters. The number of rotatable bonds is 7. The van der Waals surface area contributed by atoms with E-state index in [4.69, 9.17) is 10.00 Å². The summed E-state index contributed by atoms with van der Waals surface area (Å²) in [5.74, 6) is 0.107. The lowest BCUT2D eigenvalue weighted by Crippen LogP contribution is -2.45. The smallest absolute Gasteiger partial charge is 0.416 e. The monoisotopic (exact) mass is 570 g/mol. The van der Waals surface area contributed by atoms with Gasteiger partial charge in [-0.1, -0.05) is 24.3 Å². The van der Waals surface area contributed by atoms with E-state index in [2.05, 4.69) is 21.2 Å². The van der Waals surface area contributed by atoms with Crippen molar-refractivity contribution < 1.29 is 22.7 Å². The van der Waals surface area contributed by atoms with E-state index in [1.807, 2.05) is 48.5 Å². The lowest BCUT2D eigenvalue weighted by Gasteiger charge is -2.36. The van der Waals surface area contributed by atoms with Crippen LogP contribution in [0, 0.1) is 11.3 Å². The number of anilines is 2. The van der Waals surface area contributed by atoms with Crippen LogP contribution >= 0.6 is 0 Å². The van der Waals surface area contributed by atoms with Gasteiger partial charge >= 0.3 is 6.18 Å². The van der Waals surface area contributed by atoms with Gasteiger partial charge in [0.1, 0.15) is 5.75 Å². The van der Waals surface area contributed by atoms with Crippen LogP contribution in [0.2, 0.25) is 0 Å². The molecule has 0 saturated carbocycles. The van der Waals surface area contributed by atoms with E-state index in [0.29, 0.717) is 33.7 Å². The highest BCUT2D eigenvalue weighted by Gasteiger charge is 2.30. The Hall–Kier alpha value is -4.81. The van der Waals surface area contributed by atoms with Gasteiger partial charge in [0.2, 0.25) is 0 Å². The summed E-state index contributed by atoms with van der Waals surface area (Å²) in [5.41, 5.74) is 3.95.